The normalized spacial score (nSPS) is 8.67. The first-order valence-electron chi connectivity index (χ1n) is 3.47. The third-order valence-corrected chi connectivity index (χ3v) is 3.17. The molecule has 1 aromatic heterocycles. The molecule has 7 heteroatoms. The number of hydrogen-bond acceptors (Lipinski definition) is 5. The van der Waals surface area contributed by atoms with Crippen LogP contribution >= 0.6 is 11.3 Å². The number of carboxylic acids is 2. The number of thiophene rings is 1. The molecule has 0 N–H and O–H groups in total. The summed E-state index contributed by atoms with van der Waals surface area (Å²) in [5.41, 5.74) is 0.869. The van der Waals surface area contributed by atoms with Crippen LogP contribution in [0, 0.1) is 13.8 Å². The first-order chi connectivity index (χ1) is 5.95. The first kappa shape index (κ1) is 17.2. The van der Waals surface area contributed by atoms with Crippen LogP contribution in [-0.4, -0.2) is 11.9 Å². The third-order valence-electron chi connectivity index (χ3n) is 1.82. The summed E-state index contributed by atoms with van der Waals surface area (Å²) >= 11 is 0.678. The second-order valence-corrected chi connectivity index (χ2v) is 3.61. The van der Waals surface area contributed by atoms with E-state index in [-0.39, 0.29) is 47.5 Å². The summed E-state index contributed by atoms with van der Waals surface area (Å²) in [4.78, 5) is 20.9. The molecule has 1 rings (SSSR count). The minimum atomic E-state index is -1.35. The summed E-state index contributed by atoms with van der Waals surface area (Å²) in [5, 5.41) is 21.0. The van der Waals surface area contributed by atoms with Crippen LogP contribution in [-0.2, 0) is 0 Å². The van der Waals surface area contributed by atoms with Crippen LogP contribution < -0.4 is 47.9 Å². The van der Waals surface area contributed by atoms with Gasteiger partial charge in [-0.3, -0.25) is 0 Å². The molecule has 0 bridgehead atoms. The monoisotopic (exact) mass is 212 g/mol. The van der Waals surface area contributed by atoms with Gasteiger partial charge in [-0.25, -0.2) is 0 Å². The molecule has 0 aliphatic carbocycles. The predicted octanol–water partition coefficient (Wildman–Crippen LogP) is -6.90. The second-order valence-electron chi connectivity index (χ2n) is 2.59. The number of aromatic carboxylic acids is 2. The van der Waals surface area contributed by atoms with Crippen LogP contribution in [0.5, 0.6) is 0 Å². The molecule has 0 aliphatic heterocycles. The summed E-state index contributed by atoms with van der Waals surface area (Å²) in [6, 6.07) is 0. The summed E-state index contributed by atoms with van der Waals surface area (Å²) < 4.78 is 0. The molecular weight excluding hydrogens is 206 g/mol. The Morgan fingerprint density at radius 1 is 0.933 bits per heavy atom. The summed E-state index contributed by atoms with van der Waals surface area (Å²) in [6.45, 7) is 3.09. The van der Waals surface area contributed by atoms with Crippen molar-refractivity contribution >= 4 is 23.3 Å². The first-order valence-corrected chi connectivity index (χ1v) is 4.29. The number of carbonyl (C=O) groups excluding carboxylic acids is 2. The molecule has 0 aliphatic rings. The molecule has 0 amide bonds. The molecule has 0 saturated carbocycles. The van der Waals surface area contributed by atoms with E-state index in [1.807, 2.05) is 0 Å². The molecule has 0 saturated heterocycles. The number of hydrogen-bond donors (Lipinski definition) is 0. The molecule has 70 valence electrons. The van der Waals surface area contributed by atoms with Gasteiger partial charge in [-0.15, -0.1) is 11.3 Å². The minimum Gasteiger partial charge on any atom is -0.544 e. The van der Waals surface area contributed by atoms with Gasteiger partial charge in [0.1, 0.15) is 0 Å². The van der Waals surface area contributed by atoms with Gasteiger partial charge in [-0.2, -0.15) is 0 Å². The van der Waals surface area contributed by atoms with Crippen LogP contribution in [0.3, 0.4) is 0 Å². The van der Waals surface area contributed by atoms with Crippen LogP contribution in [0.1, 0.15) is 30.5 Å². The fourth-order valence-corrected chi connectivity index (χ4v) is 1.97. The Morgan fingerprint density at radius 2 is 1.20 bits per heavy atom. The van der Waals surface area contributed by atoms with Crippen molar-refractivity contribution < 1.29 is 57.5 Å². The quantitative estimate of drug-likeness (QED) is 0.456. The maximum atomic E-state index is 10.5. The van der Waals surface area contributed by atoms with E-state index in [4.69, 9.17) is 0 Å². The van der Waals surface area contributed by atoms with E-state index in [2.05, 4.69) is 0 Å². The molecule has 0 radical (unpaired) electrons. The summed E-state index contributed by atoms with van der Waals surface area (Å²) in [7, 11) is 0. The molecule has 0 atom stereocenters. The molecule has 0 unspecified atom stereocenters. The van der Waals surface area contributed by atoms with Crippen molar-refractivity contribution in [3.63, 3.8) is 0 Å². The SMILES string of the molecule is Cc1c(C(=O)[O-])sc(C(=O)[O-])c1C.[Li+].[Li+]. The van der Waals surface area contributed by atoms with Crippen LogP contribution in [0.15, 0.2) is 0 Å². The van der Waals surface area contributed by atoms with Crippen molar-refractivity contribution in [1.29, 1.82) is 0 Å². The Bertz CT molecular complexity index is 352. The predicted molar refractivity (Wildman–Crippen MR) is 42.5 cm³/mol. The standard InChI is InChI=1S/C8H8O4S.2Li/c1-3-4(2)6(8(11)12)13-5(3)7(9)10;;/h1-2H3,(H,9,10)(H,11,12);;/q;2*+1/p-2. The Labute approximate surface area is 115 Å². The summed E-state index contributed by atoms with van der Waals surface area (Å²) in [5.74, 6) is -2.70. The van der Waals surface area contributed by atoms with Crippen LogP contribution in [0.4, 0.5) is 0 Å². The zero-order valence-electron chi connectivity index (χ0n) is 9.04. The Hall–Kier alpha value is -0.165. The van der Waals surface area contributed by atoms with Gasteiger partial charge in [0.05, 0.1) is 21.7 Å². The van der Waals surface area contributed by atoms with E-state index >= 15 is 0 Å². The Morgan fingerprint density at radius 3 is 1.33 bits per heavy atom. The molecule has 0 aromatic carbocycles. The van der Waals surface area contributed by atoms with Crippen molar-refractivity contribution in [3.05, 3.63) is 20.9 Å². The molecule has 0 fully saturated rings. The van der Waals surface area contributed by atoms with Gasteiger partial charge in [0, 0.05) is 0 Å². The fraction of sp³-hybridized carbons (Fsp3) is 0.250. The van der Waals surface area contributed by atoms with E-state index in [1.165, 1.54) is 0 Å². The van der Waals surface area contributed by atoms with Crippen molar-refractivity contribution in [2.45, 2.75) is 13.8 Å². The van der Waals surface area contributed by atoms with E-state index in [0.29, 0.717) is 22.5 Å². The van der Waals surface area contributed by atoms with Crippen molar-refractivity contribution in [1.82, 2.24) is 0 Å². The molecule has 1 aromatic rings. The second kappa shape index (κ2) is 6.42. The number of carbonyl (C=O) groups is 2. The number of rotatable bonds is 2. The van der Waals surface area contributed by atoms with Gasteiger partial charge in [-0.05, 0) is 25.0 Å². The van der Waals surface area contributed by atoms with Crippen LogP contribution in [0.2, 0.25) is 0 Å². The largest absolute Gasteiger partial charge is 1.00 e. The van der Waals surface area contributed by atoms with Crippen molar-refractivity contribution in [2.75, 3.05) is 0 Å². The van der Waals surface area contributed by atoms with Gasteiger partial charge >= 0.3 is 37.7 Å². The van der Waals surface area contributed by atoms with Crippen LogP contribution in [0.25, 0.3) is 0 Å². The van der Waals surface area contributed by atoms with Gasteiger partial charge in [-0.1, -0.05) is 0 Å². The maximum absolute atomic E-state index is 10.5. The van der Waals surface area contributed by atoms with Gasteiger partial charge in [0.15, 0.2) is 0 Å². The summed E-state index contributed by atoms with van der Waals surface area (Å²) in [6.07, 6.45) is 0. The topological polar surface area (TPSA) is 80.3 Å². The van der Waals surface area contributed by atoms with Gasteiger partial charge in [0.25, 0.3) is 0 Å². The smallest absolute Gasteiger partial charge is 0.544 e. The van der Waals surface area contributed by atoms with Gasteiger partial charge < -0.3 is 19.8 Å². The van der Waals surface area contributed by atoms with E-state index in [0.717, 1.165) is 0 Å². The van der Waals surface area contributed by atoms with Gasteiger partial charge in [0.2, 0.25) is 0 Å². The Balaban J connectivity index is 0. The van der Waals surface area contributed by atoms with Crippen molar-refractivity contribution in [2.24, 2.45) is 0 Å². The fourth-order valence-electron chi connectivity index (χ4n) is 0.985. The maximum Gasteiger partial charge on any atom is 1.00 e. The average Bonchev–Trinajstić information content (AvgIpc) is 2.29. The Kier molecular flexibility index (Phi) is 7.38. The zero-order valence-corrected chi connectivity index (χ0v) is 9.86. The number of carboxylic acid groups (broad SMARTS) is 2. The molecule has 15 heavy (non-hydrogen) atoms. The third kappa shape index (κ3) is 3.41. The molecule has 0 spiro atoms. The van der Waals surface area contributed by atoms with E-state index in [9.17, 15) is 19.8 Å². The van der Waals surface area contributed by atoms with E-state index < -0.39 is 11.9 Å². The molecule has 4 nitrogen and oxygen atoms in total. The van der Waals surface area contributed by atoms with E-state index in [1.54, 1.807) is 13.8 Å². The molecular formula is C8H6Li2O4S. The zero-order chi connectivity index (χ0) is 10.2. The average molecular weight is 212 g/mol. The van der Waals surface area contributed by atoms with Crippen molar-refractivity contribution in [3.8, 4) is 0 Å². The minimum absolute atomic E-state index is 0. The molecule has 1 heterocycles.